The van der Waals surface area contributed by atoms with E-state index in [0.717, 1.165) is 0 Å². The van der Waals surface area contributed by atoms with Gasteiger partial charge >= 0.3 is 0 Å². The van der Waals surface area contributed by atoms with Gasteiger partial charge in [-0.15, -0.1) is 0 Å². The van der Waals surface area contributed by atoms with Crippen molar-refractivity contribution >= 4 is 8.32 Å². The van der Waals surface area contributed by atoms with Gasteiger partial charge in [-0.3, -0.25) is 0 Å². The first-order chi connectivity index (χ1) is 8.33. The lowest BCUT2D eigenvalue weighted by Crippen LogP contribution is -2.46. The van der Waals surface area contributed by atoms with Crippen LogP contribution in [-0.2, 0) is 4.43 Å². The summed E-state index contributed by atoms with van der Waals surface area (Å²) in [6.45, 7) is 16.8. The maximum atomic E-state index is 10.2. The molecule has 5 nitrogen and oxygen atoms in total. The Hall–Kier alpha value is -0.553. The molecular weight excluding hydrogens is 258 g/mol. The molecule has 1 N–H and O–H groups in total. The van der Waals surface area contributed by atoms with Crippen LogP contribution in [0.4, 0.5) is 0 Å². The summed E-state index contributed by atoms with van der Waals surface area (Å²) in [4.78, 5) is 2.84. The fourth-order valence-corrected chi connectivity index (χ4v) is 2.50. The first-order valence-corrected chi connectivity index (χ1v) is 9.60. The van der Waals surface area contributed by atoms with E-state index in [1.54, 1.807) is 0 Å². The van der Waals surface area contributed by atoms with E-state index in [1.165, 1.54) is 0 Å². The quantitative estimate of drug-likeness (QED) is 0.357. The zero-order valence-electron chi connectivity index (χ0n) is 13.6. The SMILES string of the molecule is CC(C)(C)[C@@H](N=[N+]=[N-])[C@H](O)CO[Si](C)(C)C(C)(C)C. The molecule has 0 saturated carbocycles. The second-order valence-electron chi connectivity index (χ2n) is 7.65. The molecule has 0 aliphatic rings. The van der Waals surface area contributed by atoms with E-state index >= 15 is 0 Å². The minimum Gasteiger partial charge on any atom is -0.414 e. The van der Waals surface area contributed by atoms with Crippen LogP contribution in [0.3, 0.4) is 0 Å². The molecule has 0 spiro atoms. The third-order valence-electron chi connectivity index (χ3n) is 3.85. The molecule has 0 aromatic heterocycles. The van der Waals surface area contributed by atoms with Crippen molar-refractivity contribution in [1.82, 2.24) is 0 Å². The van der Waals surface area contributed by atoms with Crippen molar-refractivity contribution in [2.24, 2.45) is 10.5 Å². The number of nitrogens with zero attached hydrogens (tertiary/aromatic N) is 3. The predicted molar refractivity (Wildman–Crippen MR) is 81.5 cm³/mol. The minimum atomic E-state index is -1.89. The van der Waals surface area contributed by atoms with Crippen LogP contribution in [0.15, 0.2) is 5.11 Å². The third kappa shape index (κ3) is 5.53. The van der Waals surface area contributed by atoms with Gasteiger partial charge in [0.1, 0.15) is 0 Å². The van der Waals surface area contributed by atoms with E-state index in [1.807, 2.05) is 20.8 Å². The molecule has 0 saturated heterocycles. The van der Waals surface area contributed by atoms with Gasteiger partial charge in [0.2, 0.25) is 0 Å². The fourth-order valence-electron chi connectivity index (χ4n) is 1.48. The summed E-state index contributed by atoms with van der Waals surface area (Å²) in [5.41, 5.74) is 8.33. The molecule has 0 aliphatic heterocycles. The second kappa shape index (κ2) is 6.26. The summed E-state index contributed by atoms with van der Waals surface area (Å²) >= 11 is 0. The van der Waals surface area contributed by atoms with Gasteiger partial charge in [-0.1, -0.05) is 46.7 Å². The molecule has 112 valence electrons. The van der Waals surface area contributed by atoms with Crippen molar-refractivity contribution < 1.29 is 9.53 Å². The Labute approximate surface area is 118 Å². The van der Waals surface area contributed by atoms with Crippen LogP contribution in [0.5, 0.6) is 0 Å². The fraction of sp³-hybridized carbons (Fsp3) is 1.00. The van der Waals surface area contributed by atoms with Crippen molar-refractivity contribution in [2.45, 2.75) is 71.8 Å². The smallest absolute Gasteiger partial charge is 0.192 e. The molecule has 2 atom stereocenters. The minimum absolute atomic E-state index is 0.0996. The molecule has 19 heavy (non-hydrogen) atoms. The summed E-state index contributed by atoms with van der Waals surface area (Å²) in [6, 6.07) is -0.484. The number of rotatable bonds is 5. The van der Waals surface area contributed by atoms with E-state index in [0.29, 0.717) is 0 Å². The molecule has 0 unspecified atom stereocenters. The first-order valence-electron chi connectivity index (χ1n) is 6.69. The maximum absolute atomic E-state index is 10.2. The van der Waals surface area contributed by atoms with Gasteiger partial charge in [0.15, 0.2) is 8.32 Å². The molecule has 0 aliphatic carbocycles. The van der Waals surface area contributed by atoms with E-state index < -0.39 is 20.5 Å². The maximum Gasteiger partial charge on any atom is 0.192 e. The molecule has 0 aromatic rings. The number of aliphatic hydroxyl groups excluding tert-OH is 1. The molecule has 6 heteroatoms. The number of hydrogen-bond donors (Lipinski definition) is 1. The first kappa shape index (κ1) is 18.4. The van der Waals surface area contributed by atoms with Crippen molar-refractivity contribution in [2.75, 3.05) is 6.61 Å². The van der Waals surface area contributed by atoms with Gasteiger partial charge in [0.05, 0.1) is 18.8 Å². The van der Waals surface area contributed by atoms with Crippen molar-refractivity contribution in [3.05, 3.63) is 10.4 Å². The average Bonchev–Trinajstić information content (AvgIpc) is 2.19. The zero-order chi connectivity index (χ0) is 15.5. The number of hydrogen-bond acceptors (Lipinski definition) is 3. The topological polar surface area (TPSA) is 78.2 Å². The zero-order valence-corrected chi connectivity index (χ0v) is 14.6. The molecule has 0 rings (SSSR count). The van der Waals surface area contributed by atoms with Gasteiger partial charge in [0, 0.05) is 4.91 Å². The molecule has 0 amide bonds. The molecule has 0 bridgehead atoms. The van der Waals surface area contributed by atoms with E-state index in [2.05, 4.69) is 43.9 Å². The largest absolute Gasteiger partial charge is 0.414 e. The summed E-state index contributed by atoms with van der Waals surface area (Å²) in [5.74, 6) is 0. The Morgan fingerprint density at radius 2 is 1.68 bits per heavy atom. The lowest BCUT2D eigenvalue weighted by molar-refractivity contribution is 0.0450. The molecule has 0 radical (unpaired) electrons. The van der Waals surface area contributed by atoms with Crippen LogP contribution in [0.2, 0.25) is 18.1 Å². The Kier molecular flexibility index (Phi) is 6.08. The van der Waals surface area contributed by atoms with Crippen molar-refractivity contribution in [3.63, 3.8) is 0 Å². The standard InChI is InChI=1S/C13H29N3O2Si/c1-12(2,3)11(15-16-14)10(17)9-18-19(7,8)13(4,5)6/h10-11,17H,9H2,1-8H3/t10-,11+/m1/s1. The van der Waals surface area contributed by atoms with Crippen molar-refractivity contribution in [3.8, 4) is 0 Å². The van der Waals surface area contributed by atoms with Crippen LogP contribution < -0.4 is 0 Å². The molecule has 0 aromatic carbocycles. The Morgan fingerprint density at radius 1 is 1.21 bits per heavy atom. The van der Waals surface area contributed by atoms with Gasteiger partial charge in [-0.2, -0.15) is 0 Å². The summed E-state index contributed by atoms with van der Waals surface area (Å²) < 4.78 is 5.98. The highest BCUT2D eigenvalue weighted by Crippen LogP contribution is 2.37. The lowest BCUT2D eigenvalue weighted by Gasteiger charge is -2.38. The average molecular weight is 287 g/mol. The predicted octanol–water partition coefficient (Wildman–Crippen LogP) is 4.09. The third-order valence-corrected chi connectivity index (χ3v) is 8.35. The monoisotopic (exact) mass is 287 g/mol. The summed E-state index contributed by atoms with van der Waals surface area (Å²) in [6.07, 6.45) is -0.773. The van der Waals surface area contributed by atoms with Gasteiger partial charge in [0.25, 0.3) is 0 Å². The highest BCUT2D eigenvalue weighted by Gasteiger charge is 2.39. The van der Waals surface area contributed by atoms with Crippen molar-refractivity contribution in [1.29, 1.82) is 0 Å². The Morgan fingerprint density at radius 3 is 2.00 bits per heavy atom. The van der Waals surface area contributed by atoms with E-state index in [4.69, 9.17) is 9.96 Å². The molecular formula is C13H29N3O2Si. The van der Waals surface area contributed by atoms with Gasteiger partial charge in [-0.05, 0) is 29.1 Å². The van der Waals surface area contributed by atoms with Gasteiger partial charge < -0.3 is 9.53 Å². The molecule has 0 heterocycles. The number of aliphatic hydroxyl groups is 1. The van der Waals surface area contributed by atoms with Gasteiger partial charge in [-0.25, -0.2) is 0 Å². The summed E-state index contributed by atoms with van der Waals surface area (Å²) in [7, 11) is -1.89. The van der Waals surface area contributed by atoms with Crippen LogP contribution in [0.25, 0.3) is 10.4 Å². The Balaban J connectivity index is 4.78. The van der Waals surface area contributed by atoms with Crippen LogP contribution >= 0.6 is 0 Å². The highest BCUT2D eigenvalue weighted by atomic mass is 28.4. The Bertz CT molecular complexity index is 339. The van der Waals surface area contributed by atoms with Crippen LogP contribution in [-0.4, -0.2) is 32.2 Å². The lowest BCUT2D eigenvalue weighted by atomic mass is 9.84. The molecule has 0 fully saturated rings. The van der Waals surface area contributed by atoms with E-state index in [9.17, 15) is 5.11 Å². The normalized spacial score (nSPS) is 16.7. The van der Waals surface area contributed by atoms with Crippen LogP contribution in [0.1, 0.15) is 41.5 Å². The van der Waals surface area contributed by atoms with Crippen LogP contribution in [0, 0.1) is 5.41 Å². The summed E-state index contributed by atoms with van der Waals surface area (Å²) in [5, 5.41) is 14.1. The highest BCUT2D eigenvalue weighted by molar-refractivity contribution is 6.74. The second-order valence-corrected chi connectivity index (χ2v) is 12.5. The number of azide groups is 1. The van der Waals surface area contributed by atoms with E-state index in [-0.39, 0.29) is 17.1 Å².